The van der Waals surface area contributed by atoms with Gasteiger partial charge in [0.25, 0.3) is 0 Å². The summed E-state index contributed by atoms with van der Waals surface area (Å²) in [6.45, 7) is 4.77. The molecule has 11 heteroatoms. The van der Waals surface area contributed by atoms with Crippen LogP contribution in [-0.4, -0.2) is 53.6 Å². The van der Waals surface area contributed by atoms with Crippen LogP contribution >= 0.6 is 0 Å². The smallest absolute Gasteiger partial charge is 0.328 e. The molecule has 0 saturated carbocycles. The SMILES string of the molecule is C/C(=N/O)c1cc2c(c(F)c1F)N1C[C@@H](C)O[C@@H](C)[C@@H]1C1(C2)C(=O)NC(=O)NC1=O. The zero-order valence-electron chi connectivity index (χ0n) is 16.5. The predicted octanol–water partition coefficient (Wildman–Crippen LogP) is 1.05. The Balaban J connectivity index is 1.99. The number of hydrogen-bond donors (Lipinski definition) is 3. The number of nitrogens with zero attached hydrogens (tertiary/aromatic N) is 2. The summed E-state index contributed by atoms with van der Waals surface area (Å²) >= 11 is 0. The van der Waals surface area contributed by atoms with E-state index in [4.69, 9.17) is 9.94 Å². The molecule has 0 radical (unpaired) electrons. The number of halogens is 2. The molecule has 3 heterocycles. The molecule has 1 aromatic carbocycles. The van der Waals surface area contributed by atoms with Crippen molar-refractivity contribution >= 4 is 29.2 Å². The molecule has 2 saturated heterocycles. The third-order valence-corrected chi connectivity index (χ3v) is 6.01. The Bertz CT molecular complexity index is 991. The zero-order chi connectivity index (χ0) is 22.0. The van der Waals surface area contributed by atoms with Crippen LogP contribution in [0.1, 0.15) is 31.9 Å². The fraction of sp³-hybridized carbons (Fsp3) is 0.474. The Labute approximate surface area is 170 Å². The van der Waals surface area contributed by atoms with Gasteiger partial charge in [-0.2, -0.15) is 0 Å². The summed E-state index contributed by atoms with van der Waals surface area (Å²) in [5, 5.41) is 16.2. The minimum atomic E-state index is -1.80. The number of hydrogen-bond acceptors (Lipinski definition) is 7. The summed E-state index contributed by atoms with van der Waals surface area (Å²) in [6.07, 6.45) is -1.38. The normalized spacial score (nSPS) is 28.0. The Morgan fingerprint density at radius 1 is 1.23 bits per heavy atom. The average Bonchev–Trinajstić information content (AvgIpc) is 2.67. The van der Waals surface area contributed by atoms with E-state index in [1.807, 2.05) is 0 Å². The molecular weight excluding hydrogens is 402 g/mol. The van der Waals surface area contributed by atoms with Crippen LogP contribution in [0.3, 0.4) is 0 Å². The van der Waals surface area contributed by atoms with Crippen molar-refractivity contribution in [1.82, 2.24) is 10.6 Å². The van der Waals surface area contributed by atoms with Crippen LogP contribution in [-0.2, 0) is 20.7 Å². The van der Waals surface area contributed by atoms with E-state index in [0.717, 1.165) is 0 Å². The number of urea groups is 1. The van der Waals surface area contributed by atoms with Gasteiger partial charge in [0, 0.05) is 18.5 Å². The number of oxime groups is 1. The molecule has 0 bridgehead atoms. The van der Waals surface area contributed by atoms with Crippen LogP contribution < -0.4 is 15.5 Å². The number of carbonyl (C=O) groups excluding carboxylic acids is 3. The predicted molar refractivity (Wildman–Crippen MR) is 99.3 cm³/mol. The maximum atomic E-state index is 15.2. The number of barbiturate groups is 1. The van der Waals surface area contributed by atoms with E-state index in [0.29, 0.717) is 0 Å². The van der Waals surface area contributed by atoms with Crippen LogP contribution in [0.4, 0.5) is 19.3 Å². The van der Waals surface area contributed by atoms with Gasteiger partial charge in [-0.05, 0) is 32.4 Å². The molecule has 3 atom stereocenters. The molecule has 160 valence electrons. The third-order valence-electron chi connectivity index (χ3n) is 6.01. The van der Waals surface area contributed by atoms with Crippen molar-refractivity contribution < 1.29 is 33.1 Å². The summed E-state index contributed by atoms with van der Waals surface area (Å²) in [4.78, 5) is 39.1. The van der Waals surface area contributed by atoms with Gasteiger partial charge in [0.05, 0.1) is 29.6 Å². The van der Waals surface area contributed by atoms with E-state index < -0.39 is 53.1 Å². The highest BCUT2D eigenvalue weighted by atomic mass is 19.2. The van der Waals surface area contributed by atoms with E-state index in [1.165, 1.54) is 17.9 Å². The Morgan fingerprint density at radius 2 is 1.87 bits per heavy atom. The monoisotopic (exact) mass is 422 g/mol. The minimum absolute atomic E-state index is 0.0721. The van der Waals surface area contributed by atoms with E-state index >= 15 is 4.39 Å². The van der Waals surface area contributed by atoms with Gasteiger partial charge in [-0.1, -0.05) is 5.16 Å². The summed E-state index contributed by atoms with van der Waals surface area (Å²) in [6, 6.07) is -0.649. The number of benzene rings is 1. The van der Waals surface area contributed by atoms with Gasteiger partial charge >= 0.3 is 6.03 Å². The number of amides is 4. The first kappa shape index (κ1) is 20.2. The lowest BCUT2D eigenvalue weighted by Gasteiger charge is -2.55. The number of morpholine rings is 1. The number of carbonyl (C=O) groups is 3. The lowest BCUT2D eigenvalue weighted by atomic mass is 9.66. The van der Waals surface area contributed by atoms with Gasteiger partial charge < -0.3 is 14.8 Å². The number of fused-ring (bicyclic) bond motifs is 4. The average molecular weight is 422 g/mol. The first-order chi connectivity index (χ1) is 14.1. The molecule has 3 aliphatic rings. The van der Waals surface area contributed by atoms with Crippen molar-refractivity contribution in [3.05, 3.63) is 28.8 Å². The van der Waals surface area contributed by atoms with Crippen LogP contribution in [0, 0.1) is 17.0 Å². The molecule has 3 N–H and O–H groups in total. The second-order valence-corrected chi connectivity index (χ2v) is 7.88. The molecule has 4 amide bonds. The van der Waals surface area contributed by atoms with E-state index in [9.17, 15) is 18.8 Å². The summed E-state index contributed by atoms with van der Waals surface area (Å²) in [5.41, 5.74) is -2.14. The van der Waals surface area contributed by atoms with Gasteiger partial charge in [0.1, 0.15) is 0 Å². The minimum Gasteiger partial charge on any atom is -0.411 e. The second kappa shape index (κ2) is 6.73. The van der Waals surface area contributed by atoms with Crippen LogP contribution in [0.5, 0.6) is 0 Å². The van der Waals surface area contributed by atoms with Crippen molar-refractivity contribution in [2.75, 3.05) is 11.4 Å². The second-order valence-electron chi connectivity index (χ2n) is 7.88. The largest absolute Gasteiger partial charge is 0.411 e. The van der Waals surface area contributed by atoms with Gasteiger partial charge in [-0.15, -0.1) is 0 Å². The Kier molecular flexibility index (Phi) is 4.53. The third kappa shape index (κ3) is 2.61. The Morgan fingerprint density at radius 3 is 2.47 bits per heavy atom. The van der Waals surface area contributed by atoms with Crippen LogP contribution in [0.2, 0.25) is 0 Å². The molecule has 0 aromatic heterocycles. The molecule has 9 nitrogen and oxygen atoms in total. The number of anilines is 1. The van der Waals surface area contributed by atoms with Gasteiger partial charge in [-0.3, -0.25) is 20.2 Å². The van der Waals surface area contributed by atoms with Gasteiger partial charge in [0.2, 0.25) is 11.8 Å². The summed E-state index contributed by atoms with van der Waals surface area (Å²) in [5.74, 6) is -4.03. The summed E-state index contributed by atoms with van der Waals surface area (Å²) < 4.78 is 35.8. The van der Waals surface area contributed by atoms with Gasteiger partial charge in [-0.25, -0.2) is 13.6 Å². The van der Waals surface area contributed by atoms with Crippen molar-refractivity contribution in [3.8, 4) is 0 Å². The lowest BCUT2D eigenvalue weighted by Crippen LogP contribution is -2.75. The molecule has 1 aromatic rings. The van der Waals surface area contributed by atoms with Crippen LogP contribution in [0.15, 0.2) is 11.2 Å². The number of ether oxygens (including phenoxy) is 1. The molecule has 2 fully saturated rings. The number of imide groups is 2. The van der Waals surface area contributed by atoms with Gasteiger partial charge in [0.15, 0.2) is 17.0 Å². The fourth-order valence-corrected chi connectivity index (χ4v) is 4.85. The maximum absolute atomic E-state index is 15.2. The zero-order valence-corrected chi connectivity index (χ0v) is 16.5. The van der Waals surface area contributed by atoms with Crippen molar-refractivity contribution in [3.63, 3.8) is 0 Å². The quantitative estimate of drug-likeness (QED) is 0.269. The highest BCUT2D eigenvalue weighted by Crippen LogP contribution is 2.48. The highest BCUT2D eigenvalue weighted by Gasteiger charge is 2.63. The first-order valence-corrected chi connectivity index (χ1v) is 9.40. The van der Waals surface area contributed by atoms with E-state index in [1.54, 1.807) is 13.8 Å². The van der Waals surface area contributed by atoms with Crippen molar-refractivity contribution in [1.29, 1.82) is 0 Å². The summed E-state index contributed by atoms with van der Waals surface area (Å²) in [7, 11) is 0. The van der Waals surface area contributed by atoms with Crippen molar-refractivity contribution in [2.24, 2.45) is 10.6 Å². The van der Waals surface area contributed by atoms with Crippen molar-refractivity contribution in [2.45, 2.75) is 45.4 Å². The van der Waals surface area contributed by atoms with E-state index in [-0.39, 0.29) is 35.5 Å². The maximum Gasteiger partial charge on any atom is 0.328 e. The van der Waals surface area contributed by atoms with Crippen LogP contribution in [0.25, 0.3) is 0 Å². The molecular formula is C19H20F2N4O5. The van der Waals surface area contributed by atoms with E-state index in [2.05, 4.69) is 15.8 Å². The number of nitrogens with one attached hydrogen (secondary N) is 2. The molecule has 3 aliphatic heterocycles. The molecule has 0 aliphatic carbocycles. The molecule has 1 spiro atoms. The molecule has 4 rings (SSSR count). The standard InChI is InChI=1S/C19H20F2N4O5/c1-7-6-25-14-10(4-11(8(2)24-29)12(20)13(14)21)5-19(15(25)9(3)30-7)16(26)22-18(28)23-17(19)27/h4,7,9,15,29H,5-6H2,1-3H3,(H2,22,23,26,27,28)/b24-8-/t7-,9+,15-/m1/s1. The molecule has 30 heavy (non-hydrogen) atoms. The fourth-order valence-electron chi connectivity index (χ4n) is 4.85. The number of rotatable bonds is 1. The lowest BCUT2D eigenvalue weighted by molar-refractivity contribution is -0.153. The highest BCUT2D eigenvalue weighted by molar-refractivity contribution is 6.20. The topological polar surface area (TPSA) is 120 Å². The molecule has 0 unspecified atom stereocenters. The first-order valence-electron chi connectivity index (χ1n) is 9.40. The Hall–Kier alpha value is -3.08.